The van der Waals surface area contributed by atoms with Crippen LogP contribution >= 0.6 is 0 Å². The summed E-state index contributed by atoms with van der Waals surface area (Å²) in [6.07, 6.45) is 0. The molecule has 0 N–H and O–H groups in total. The molecule has 0 nitrogen and oxygen atoms in total. The van der Waals surface area contributed by atoms with Gasteiger partial charge in [0.05, 0.1) is 0 Å². The van der Waals surface area contributed by atoms with Crippen molar-refractivity contribution in [2.24, 2.45) is 0 Å². The van der Waals surface area contributed by atoms with Crippen LogP contribution in [0.25, 0.3) is 0 Å². The summed E-state index contributed by atoms with van der Waals surface area (Å²) in [5, 5.41) is 0. The first-order valence-electron chi connectivity index (χ1n) is 1.37. The molecule has 0 aromatic heterocycles. The van der Waals surface area contributed by atoms with Gasteiger partial charge in [-0.25, -0.2) is 0 Å². The van der Waals surface area contributed by atoms with Crippen LogP contribution in [0.2, 0.25) is 0 Å². The topological polar surface area (TPSA) is 0 Å². The molecule has 0 amide bonds. The number of rotatable bonds is 0. The summed E-state index contributed by atoms with van der Waals surface area (Å²) in [5.74, 6) is 0. The Balaban J connectivity index is -0.000000000296. The quantitative estimate of drug-likeness (QED) is 0.451. The molecule has 0 bridgehead atoms. The molecule has 12 heteroatoms. The minimum Gasteiger partial charge on any atom is -1.00 e. The molecule has 0 saturated heterocycles. The fourth-order valence-electron chi connectivity index (χ4n) is 0. The third kappa shape index (κ3) is 855. The second kappa shape index (κ2) is 936. The Labute approximate surface area is 220 Å². The van der Waals surface area contributed by atoms with Crippen molar-refractivity contribution in [1.29, 1.82) is 0 Å². The van der Waals surface area contributed by atoms with Gasteiger partial charge in [-0.3, -0.25) is 0 Å². The fourth-order valence-corrected chi connectivity index (χ4v) is 0. The number of hydrogen-bond acceptors (Lipinski definition) is 0. The first kappa shape index (κ1) is 315. The molecule has 0 heterocycles. The third-order valence-corrected chi connectivity index (χ3v) is 0. The van der Waals surface area contributed by atoms with E-state index in [-0.39, 0.29) is 178 Å². The van der Waals surface area contributed by atoms with Crippen molar-refractivity contribution in [3.63, 3.8) is 0 Å². The van der Waals surface area contributed by atoms with Crippen molar-refractivity contribution in [2.75, 3.05) is 0 Å². The third-order valence-electron chi connectivity index (χ3n) is 0. The van der Waals surface area contributed by atoms with Crippen molar-refractivity contribution in [3.05, 3.63) is 14.4 Å². The van der Waals surface area contributed by atoms with E-state index in [1.165, 1.54) is 0 Å². The van der Waals surface area contributed by atoms with Gasteiger partial charge in [-0.1, -0.05) is 44.6 Å². The predicted molar refractivity (Wildman–Crippen MR) is 127 cm³/mol. The normalized spacial score (nSPS) is 0.762. The van der Waals surface area contributed by atoms with Gasteiger partial charge in [0.25, 0.3) is 0 Å². The monoisotopic (exact) mass is 324 g/mol. The average molecular weight is 324 g/mol. The maximum Gasteiger partial charge on any atom is 2.00 e. The zero-order chi connectivity index (χ0) is 6.00. The van der Waals surface area contributed by atoms with Gasteiger partial charge in [-0.2, -0.15) is 6.92 Å². The van der Waals surface area contributed by atoms with Gasteiger partial charge in [0, 0.05) is 0 Å². The van der Waals surface area contributed by atoms with Gasteiger partial charge in [0.1, 0.15) is 0 Å². The van der Waals surface area contributed by atoms with Gasteiger partial charge in [0.15, 0.2) is 0 Å². The van der Waals surface area contributed by atoms with E-state index in [2.05, 4.69) is 37.9 Å². The molecule has 0 rings (SSSR count). The molecule has 0 aliphatic rings. The molecule has 0 saturated carbocycles. The van der Waals surface area contributed by atoms with Gasteiger partial charge in [0.2, 0.25) is 0 Å². The molecular formula is C9H32B8Mg4. The molecule has 0 unspecified atom stereocenters. The van der Waals surface area contributed by atoms with Crippen LogP contribution in [-0.2, 0) is 0 Å². The van der Waals surface area contributed by atoms with Crippen LogP contribution in [0, 0.1) is 14.4 Å². The van der Waals surface area contributed by atoms with Crippen LogP contribution in [0.4, 0.5) is 0 Å². The van der Waals surface area contributed by atoms with E-state index in [1.807, 2.05) is 0 Å². The van der Waals surface area contributed by atoms with Crippen LogP contribution in [-0.4, -0.2) is 157 Å². The number of hydrogen-bond donors (Lipinski definition) is 0. The first-order valence-corrected chi connectivity index (χ1v) is 1.37. The maximum absolute atomic E-state index is 4.00. The molecule has 0 aliphatic heterocycles. The van der Waals surface area contributed by atoms with Crippen LogP contribution < -0.4 is 0 Å². The minimum absolute atomic E-state index is 0. The van der Waals surface area contributed by atoms with Gasteiger partial charge >= 0.3 is 92.2 Å². The van der Waals surface area contributed by atoms with Crippen molar-refractivity contribution in [3.8, 4) is 0 Å². The summed E-state index contributed by atoms with van der Waals surface area (Å²) in [6.45, 7) is 5.00. The van der Waals surface area contributed by atoms with Crippen LogP contribution in [0.15, 0.2) is 0 Å². The Morgan fingerprint density at radius 3 is 0.476 bits per heavy atom. The van der Waals surface area contributed by atoms with Crippen molar-refractivity contribution in [2.45, 2.75) is 51.5 Å². The molecule has 0 aromatic carbocycles. The summed E-state index contributed by atoms with van der Waals surface area (Å²) >= 11 is 0. The second-order valence-electron chi connectivity index (χ2n) is 0. The Bertz CT molecular complexity index is 31.7. The van der Waals surface area contributed by atoms with Gasteiger partial charge < -0.3 is 79.0 Å². The Morgan fingerprint density at radius 2 is 0.476 bits per heavy atom. The van der Waals surface area contributed by atoms with E-state index in [0.717, 1.165) is 0 Å². The molecule has 21 heavy (non-hydrogen) atoms. The zero-order valence-corrected chi connectivity index (χ0v) is 15.8. The summed E-state index contributed by atoms with van der Waals surface area (Å²) in [6, 6.07) is 0. The Hall–Kier alpha value is 3.58. The molecule has 0 aromatic rings. The standard InChI is InChI=1S/C2H5.6CH4.CH3.2B2.4B.4Mg/c1-2;;;;;;;;2*1-2;;;;;;;;/h1H2,2H3;6*1H4;1H3;;;;;;;;;;/q-1;;;;;;;7*-1;4*+2. The van der Waals surface area contributed by atoms with Crippen molar-refractivity contribution >= 4 is 157 Å². The Kier molecular flexibility index (Phi) is 14100. The summed E-state index contributed by atoms with van der Waals surface area (Å²) in [7, 11) is 16.0. The molecule has 0 aliphatic carbocycles. The summed E-state index contributed by atoms with van der Waals surface area (Å²) in [4.78, 5) is 0. The second-order valence-corrected chi connectivity index (χ2v) is 0. The maximum atomic E-state index is 4.00. The van der Waals surface area contributed by atoms with Crippen LogP contribution in [0.1, 0.15) is 51.5 Å². The first-order chi connectivity index (χ1) is 3.00. The van der Waals surface area contributed by atoms with Crippen molar-refractivity contribution in [1.82, 2.24) is 0 Å². The van der Waals surface area contributed by atoms with E-state index in [0.29, 0.717) is 0 Å². The molecular weight excluding hydrogens is 292 g/mol. The fraction of sp³-hybridized carbons (Fsp3) is 0.778. The van der Waals surface area contributed by atoms with E-state index in [9.17, 15) is 0 Å². The Morgan fingerprint density at radius 1 is 0.476 bits per heavy atom. The molecule has 100 valence electrons. The smallest absolute Gasteiger partial charge is 1.00 e. The molecule has 0 fully saturated rings. The van der Waals surface area contributed by atoms with Crippen molar-refractivity contribution < 1.29 is 0 Å². The largest absolute Gasteiger partial charge is 2.00 e. The van der Waals surface area contributed by atoms with Crippen LogP contribution in [0.3, 0.4) is 0 Å². The van der Waals surface area contributed by atoms with Gasteiger partial charge in [-0.15, -0.1) is 0 Å². The van der Waals surface area contributed by atoms with E-state index >= 15 is 0 Å². The van der Waals surface area contributed by atoms with Crippen LogP contribution in [0.5, 0.6) is 0 Å². The molecule has 26 radical (unpaired) electrons. The van der Waals surface area contributed by atoms with E-state index < -0.39 is 0 Å². The van der Waals surface area contributed by atoms with Gasteiger partial charge in [-0.05, 0) is 0 Å². The summed E-state index contributed by atoms with van der Waals surface area (Å²) in [5.41, 5.74) is 0. The predicted octanol–water partition coefficient (Wildman–Crippen LogP) is 0.538. The molecule has 0 atom stereocenters. The minimum atomic E-state index is 0. The zero-order valence-electron chi connectivity index (χ0n) is 10.2. The SMILES string of the molecule is C.C.C.C.C.C.[B-].[B-].[B-].[B-].[B][B-].[B][B-].[CH2-]C.[CH3-].[Mg+2].[Mg+2].[Mg+2].[Mg+2]. The van der Waals surface area contributed by atoms with E-state index in [4.69, 9.17) is 0 Å². The molecule has 0 spiro atoms. The average Bonchev–Trinajstić information content (AvgIpc) is 1.81. The van der Waals surface area contributed by atoms with E-state index in [1.54, 1.807) is 6.92 Å². The summed E-state index contributed by atoms with van der Waals surface area (Å²) < 4.78 is 0.